The number of hydrogen-bond acceptors (Lipinski definition) is 2. The van der Waals surface area contributed by atoms with E-state index in [1.54, 1.807) is 0 Å². The Hall–Kier alpha value is -0.830. The number of hydrogen-bond donors (Lipinski definition) is 1. The fourth-order valence-corrected chi connectivity index (χ4v) is 1.61. The normalized spacial score (nSPS) is 14.1. The molecular formula is C13H25N3. The summed E-state index contributed by atoms with van der Waals surface area (Å²) in [5, 5.41) is 7.69. The zero-order valence-electron chi connectivity index (χ0n) is 11.2. The minimum atomic E-state index is 0.435. The third kappa shape index (κ3) is 5.31. The molecule has 0 spiro atoms. The molecule has 0 bridgehead atoms. The van der Waals surface area contributed by atoms with Gasteiger partial charge in [0.05, 0.1) is 6.20 Å². The molecule has 0 radical (unpaired) electrons. The van der Waals surface area contributed by atoms with E-state index in [2.05, 4.69) is 44.3 Å². The van der Waals surface area contributed by atoms with E-state index < -0.39 is 0 Å². The van der Waals surface area contributed by atoms with Gasteiger partial charge in [-0.05, 0) is 25.2 Å². The highest BCUT2D eigenvalue weighted by atomic mass is 15.2. The van der Waals surface area contributed by atoms with Crippen molar-refractivity contribution in [2.75, 3.05) is 0 Å². The number of aryl methyl sites for hydroxylation is 1. The van der Waals surface area contributed by atoms with Gasteiger partial charge in [0.1, 0.15) is 0 Å². The maximum atomic E-state index is 4.16. The van der Waals surface area contributed by atoms with E-state index in [4.69, 9.17) is 0 Å². The molecule has 1 unspecified atom stereocenters. The highest BCUT2D eigenvalue weighted by Gasteiger charge is 2.12. The molecule has 3 nitrogen and oxygen atoms in total. The zero-order valence-corrected chi connectivity index (χ0v) is 11.2. The van der Waals surface area contributed by atoms with Gasteiger partial charge in [-0.2, -0.15) is 5.10 Å². The summed E-state index contributed by atoms with van der Waals surface area (Å²) in [5.74, 6) is 0. The Kier molecular flexibility index (Phi) is 4.54. The molecule has 0 aliphatic carbocycles. The quantitative estimate of drug-likeness (QED) is 0.832. The van der Waals surface area contributed by atoms with E-state index in [1.807, 2.05) is 17.9 Å². The van der Waals surface area contributed by atoms with Crippen LogP contribution < -0.4 is 5.32 Å². The molecule has 0 saturated heterocycles. The minimum absolute atomic E-state index is 0.435. The maximum absolute atomic E-state index is 4.16. The summed E-state index contributed by atoms with van der Waals surface area (Å²) < 4.78 is 1.84. The van der Waals surface area contributed by atoms with Gasteiger partial charge in [-0.25, -0.2) is 0 Å². The Morgan fingerprint density at radius 3 is 2.62 bits per heavy atom. The molecule has 0 amide bonds. The van der Waals surface area contributed by atoms with Crippen LogP contribution in [0, 0.1) is 5.41 Å². The van der Waals surface area contributed by atoms with E-state index in [9.17, 15) is 0 Å². The maximum Gasteiger partial charge on any atom is 0.0534 e. The van der Waals surface area contributed by atoms with Crippen molar-refractivity contribution in [2.45, 2.75) is 53.1 Å². The molecule has 1 N–H and O–H groups in total. The molecule has 1 atom stereocenters. The number of rotatable bonds is 5. The van der Waals surface area contributed by atoms with Crippen LogP contribution in [0.4, 0.5) is 0 Å². The monoisotopic (exact) mass is 223 g/mol. The number of nitrogens with one attached hydrogen (secondary N) is 1. The van der Waals surface area contributed by atoms with Gasteiger partial charge in [0.2, 0.25) is 0 Å². The second-order valence-corrected chi connectivity index (χ2v) is 5.90. The molecule has 0 fully saturated rings. The standard InChI is InChI=1S/C13H25N3/c1-11(6-7-13(2,3)4)14-8-12-9-15-16(5)10-12/h9-11,14H,6-8H2,1-5H3. The summed E-state index contributed by atoms with van der Waals surface area (Å²) in [5.41, 5.74) is 1.69. The predicted octanol–water partition coefficient (Wildman–Crippen LogP) is 2.72. The van der Waals surface area contributed by atoms with Gasteiger partial charge in [0, 0.05) is 31.4 Å². The van der Waals surface area contributed by atoms with Crippen molar-refractivity contribution < 1.29 is 0 Å². The van der Waals surface area contributed by atoms with E-state index in [-0.39, 0.29) is 0 Å². The molecule has 0 saturated carbocycles. The first-order chi connectivity index (χ1) is 7.37. The Bertz CT molecular complexity index is 309. The Balaban J connectivity index is 2.22. The van der Waals surface area contributed by atoms with Crippen LogP contribution in [-0.4, -0.2) is 15.8 Å². The lowest BCUT2D eigenvalue weighted by molar-refractivity contribution is 0.336. The Morgan fingerprint density at radius 1 is 1.44 bits per heavy atom. The van der Waals surface area contributed by atoms with E-state index in [1.165, 1.54) is 18.4 Å². The van der Waals surface area contributed by atoms with Gasteiger partial charge >= 0.3 is 0 Å². The highest BCUT2D eigenvalue weighted by molar-refractivity contribution is 5.02. The van der Waals surface area contributed by atoms with Gasteiger partial charge in [0.25, 0.3) is 0 Å². The third-order valence-corrected chi connectivity index (χ3v) is 2.74. The summed E-state index contributed by atoms with van der Waals surface area (Å²) in [6.45, 7) is 10.0. The summed E-state index contributed by atoms with van der Waals surface area (Å²) in [7, 11) is 1.95. The summed E-state index contributed by atoms with van der Waals surface area (Å²) in [6.07, 6.45) is 6.46. The smallest absolute Gasteiger partial charge is 0.0534 e. The molecule has 1 aromatic rings. The molecule has 1 heterocycles. The van der Waals surface area contributed by atoms with Gasteiger partial charge < -0.3 is 5.32 Å². The van der Waals surface area contributed by atoms with Crippen LogP contribution in [0.25, 0.3) is 0 Å². The van der Waals surface area contributed by atoms with Crippen molar-refractivity contribution in [1.82, 2.24) is 15.1 Å². The van der Waals surface area contributed by atoms with Crippen molar-refractivity contribution in [2.24, 2.45) is 12.5 Å². The molecule has 92 valence electrons. The van der Waals surface area contributed by atoms with Gasteiger partial charge in [-0.15, -0.1) is 0 Å². The topological polar surface area (TPSA) is 29.9 Å². The van der Waals surface area contributed by atoms with Crippen LogP contribution in [0.15, 0.2) is 12.4 Å². The van der Waals surface area contributed by atoms with Crippen LogP contribution in [0.1, 0.15) is 46.1 Å². The average Bonchev–Trinajstić information content (AvgIpc) is 2.57. The van der Waals surface area contributed by atoms with Crippen LogP contribution >= 0.6 is 0 Å². The summed E-state index contributed by atoms with van der Waals surface area (Å²) in [4.78, 5) is 0. The lowest BCUT2D eigenvalue weighted by Gasteiger charge is -2.21. The predicted molar refractivity (Wildman–Crippen MR) is 68.2 cm³/mol. The molecule has 1 rings (SSSR count). The van der Waals surface area contributed by atoms with E-state index in [0.29, 0.717) is 11.5 Å². The molecule has 3 heteroatoms. The van der Waals surface area contributed by atoms with E-state index in [0.717, 1.165) is 6.54 Å². The largest absolute Gasteiger partial charge is 0.310 e. The summed E-state index contributed by atoms with van der Waals surface area (Å²) >= 11 is 0. The Morgan fingerprint density at radius 2 is 2.12 bits per heavy atom. The second-order valence-electron chi connectivity index (χ2n) is 5.90. The second kappa shape index (κ2) is 5.48. The fraction of sp³-hybridized carbons (Fsp3) is 0.769. The minimum Gasteiger partial charge on any atom is -0.310 e. The highest BCUT2D eigenvalue weighted by Crippen LogP contribution is 2.21. The molecular weight excluding hydrogens is 198 g/mol. The van der Waals surface area contributed by atoms with Crippen molar-refractivity contribution >= 4 is 0 Å². The molecule has 0 aromatic carbocycles. The molecule has 0 aliphatic rings. The van der Waals surface area contributed by atoms with Crippen LogP contribution in [-0.2, 0) is 13.6 Å². The first-order valence-electron chi connectivity index (χ1n) is 6.08. The van der Waals surface area contributed by atoms with Crippen LogP contribution in [0.5, 0.6) is 0 Å². The number of nitrogens with zero attached hydrogens (tertiary/aromatic N) is 2. The first kappa shape index (κ1) is 13.2. The lowest BCUT2D eigenvalue weighted by Crippen LogP contribution is -2.26. The molecule has 0 aliphatic heterocycles. The van der Waals surface area contributed by atoms with Gasteiger partial charge in [0.15, 0.2) is 0 Å². The first-order valence-corrected chi connectivity index (χ1v) is 6.08. The van der Waals surface area contributed by atoms with E-state index >= 15 is 0 Å². The zero-order chi connectivity index (χ0) is 12.2. The Labute approximate surface area is 99.2 Å². The summed E-state index contributed by atoms with van der Waals surface area (Å²) in [6, 6.07) is 0.569. The fourth-order valence-electron chi connectivity index (χ4n) is 1.61. The SMILES string of the molecule is CC(CCC(C)(C)C)NCc1cnn(C)c1. The average molecular weight is 223 g/mol. The lowest BCUT2D eigenvalue weighted by atomic mass is 9.89. The van der Waals surface area contributed by atoms with Gasteiger partial charge in [-0.1, -0.05) is 20.8 Å². The van der Waals surface area contributed by atoms with Crippen molar-refractivity contribution in [1.29, 1.82) is 0 Å². The van der Waals surface area contributed by atoms with Crippen molar-refractivity contribution in [3.8, 4) is 0 Å². The third-order valence-electron chi connectivity index (χ3n) is 2.74. The molecule has 16 heavy (non-hydrogen) atoms. The van der Waals surface area contributed by atoms with Crippen molar-refractivity contribution in [3.05, 3.63) is 18.0 Å². The van der Waals surface area contributed by atoms with Crippen LogP contribution in [0.2, 0.25) is 0 Å². The number of aromatic nitrogens is 2. The van der Waals surface area contributed by atoms with Crippen LogP contribution in [0.3, 0.4) is 0 Å². The van der Waals surface area contributed by atoms with Crippen molar-refractivity contribution in [3.63, 3.8) is 0 Å². The van der Waals surface area contributed by atoms with Gasteiger partial charge in [-0.3, -0.25) is 4.68 Å². The molecule has 1 aromatic heterocycles.